The molecule has 0 spiro atoms. The number of hydrogen-bond donors (Lipinski definition) is 0. The Kier molecular flexibility index (Phi) is 4.59. The molecular formula is C18H20N6O3. The van der Waals surface area contributed by atoms with Crippen LogP contribution < -0.4 is 4.74 Å². The number of hydrogen-bond acceptors (Lipinski definition) is 6. The number of aromatic nitrogens is 5. The van der Waals surface area contributed by atoms with E-state index in [0.717, 1.165) is 11.1 Å². The molecule has 0 saturated carbocycles. The third-order valence-electron chi connectivity index (χ3n) is 4.35. The minimum atomic E-state index is -0.341. The fourth-order valence-electron chi connectivity index (χ4n) is 3.01. The standard InChI is InChI=1S/C18H20N6O3/c1-3-17(25)23-6-7-26-12-14(10-23)27-18-16-4-5-19-24(16)11-15(21-18)13-8-20-22(2)9-13/h3-5,8-9,11,14H,1,6-7,10,12H2,2H3. The third kappa shape index (κ3) is 3.54. The lowest BCUT2D eigenvalue weighted by Crippen LogP contribution is -2.39. The van der Waals surface area contributed by atoms with E-state index in [-0.39, 0.29) is 12.0 Å². The summed E-state index contributed by atoms with van der Waals surface area (Å²) in [4.78, 5) is 18.3. The summed E-state index contributed by atoms with van der Waals surface area (Å²) in [5, 5.41) is 8.49. The maximum atomic E-state index is 12.0. The van der Waals surface area contributed by atoms with Crippen molar-refractivity contribution in [3.63, 3.8) is 0 Å². The fraction of sp³-hybridized carbons (Fsp3) is 0.333. The van der Waals surface area contributed by atoms with Crippen LogP contribution in [0.25, 0.3) is 16.8 Å². The highest BCUT2D eigenvalue weighted by Gasteiger charge is 2.24. The van der Waals surface area contributed by atoms with Gasteiger partial charge in [-0.1, -0.05) is 6.58 Å². The van der Waals surface area contributed by atoms with Crippen LogP contribution in [0.2, 0.25) is 0 Å². The zero-order valence-electron chi connectivity index (χ0n) is 15.0. The van der Waals surface area contributed by atoms with E-state index in [4.69, 9.17) is 9.47 Å². The Bertz CT molecular complexity index is 979. The molecule has 0 N–H and O–H groups in total. The first kappa shape index (κ1) is 17.2. The van der Waals surface area contributed by atoms with Crippen LogP contribution in [0.3, 0.4) is 0 Å². The van der Waals surface area contributed by atoms with Gasteiger partial charge in [0, 0.05) is 25.4 Å². The van der Waals surface area contributed by atoms with E-state index < -0.39 is 0 Å². The summed E-state index contributed by atoms with van der Waals surface area (Å²) in [5.41, 5.74) is 2.30. The average Bonchev–Trinajstić information content (AvgIpc) is 3.25. The van der Waals surface area contributed by atoms with Crippen LogP contribution in [-0.2, 0) is 16.6 Å². The highest BCUT2D eigenvalue weighted by atomic mass is 16.5. The first-order chi connectivity index (χ1) is 13.1. The quantitative estimate of drug-likeness (QED) is 0.637. The Hall–Kier alpha value is -3.20. The molecule has 1 saturated heterocycles. The van der Waals surface area contributed by atoms with Gasteiger partial charge in [0.1, 0.15) is 11.6 Å². The van der Waals surface area contributed by atoms with Crippen LogP contribution >= 0.6 is 0 Å². The molecule has 1 aliphatic heterocycles. The first-order valence-corrected chi connectivity index (χ1v) is 8.63. The van der Waals surface area contributed by atoms with Crippen molar-refractivity contribution < 1.29 is 14.3 Å². The van der Waals surface area contributed by atoms with E-state index in [9.17, 15) is 4.79 Å². The second-order valence-corrected chi connectivity index (χ2v) is 6.30. The number of amides is 1. The van der Waals surface area contributed by atoms with Gasteiger partial charge < -0.3 is 14.4 Å². The van der Waals surface area contributed by atoms with Crippen molar-refractivity contribution in [1.29, 1.82) is 0 Å². The number of ether oxygens (including phenoxy) is 2. The predicted molar refractivity (Wildman–Crippen MR) is 97.2 cm³/mol. The molecule has 4 rings (SSSR count). The zero-order valence-corrected chi connectivity index (χ0v) is 15.0. The molecule has 4 heterocycles. The van der Waals surface area contributed by atoms with E-state index in [1.54, 1.807) is 26.5 Å². The SMILES string of the molecule is C=CC(=O)N1CCOCC(Oc2nc(-c3cnn(C)c3)cn3nccc23)C1. The Balaban J connectivity index is 1.65. The molecular weight excluding hydrogens is 348 g/mol. The summed E-state index contributed by atoms with van der Waals surface area (Å²) in [7, 11) is 1.85. The van der Waals surface area contributed by atoms with Crippen molar-refractivity contribution in [2.45, 2.75) is 6.10 Å². The monoisotopic (exact) mass is 368 g/mol. The average molecular weight is 368 g/mol. The molecule has 9 nitrogen and oxygen atoms in total. The lowest BCUT2D eigenvalue weighted by Gasteiger charge is -2.23. The predicted octanol–water partition coefficient (Wildman–Crippen LogP) is 0.922. The molecule has 0 bridgehead atoms. The van der Waals surface area contributed by atoms with E-state index in [1.165, 1.54) is 6.08 Å². The molecule has 0 aliphatic carbocycles. The molecule has 0 aromatic carbocycles. The molecule has 1 fully saturated rings. The van der Waals surface area contributed by atoms with Gasteiger partial charge in [0.2, 0.25) is 11.8 Å². The third-order valence-corrected chi connectivity index (χ3v) is 4.35. The summed E-state index contributed by atoms with van der Waals surface area (Å²) in [5.74, 6) is 0.302. The van der Waals surface area contributed by atoms with Gasteiger partial charge in [0.05, 0.1) is 44.0 Å². The molecule has 3 aromatic heterocycles. The van der Waals surface area contributed by atoms with Crippen molar-refractivity contribution in [3.05, 3.63) is 43.5 Å². The van der Waals surface area contributed by atoms with E-state index in [2.05, 4.69) is 21.8 Å². The minimum Gasteiger partial charge on any atom is -0.468 e. The molecule has 1 amide bonds. The van der Waals surface area contributed by atoms with Crippen LogP contribution in [0, 0.1) is 0 Å². The van der Waals surface area contributed by atoms with Crippen molar-refractivity contribution >= 4 is 11.4 Å². The lowest BCUT2D eigenvalue weighted by atomic mass is 10.2. The van der Waals surface area contributed by atoms with Crippen LogP contribution in [0.15, 0.2) is 43.5 Å². The largest absolute Gasteiger partial charge is 0.468 e. The van der Waals surface area contributed by atoms with Crippen molar-refractivity contribution in [2.75, 3.05) is 26.3 Å². The highest BCUT2D eigenvalue weighted by molar-refractivity contribution is 5.87. The van der Waals surface area contributed by atoms with Gasteiger partial charge in [0.25, 0.3) is 0 Å². The highest BCUT2D eigenvalue weighted by Crippen LogP contribution is 2.24. The molecule has 0 radical (unpaired) electrons. The number of nitrogens with zero attached hydrogens (tertiary/aromatic N) is 6. The van der Waals surface area contributed by atoms with Gasteiger partial charge >= 0.3 is 0 Å². The van der Waals surface area contributed by atoms with Crippen molar-refractivity contribution in [3.8, 4) is 17.1 Å². The summed E-state index contributed by atoms with van der Waals surface area (Å²) in [6.45, 7) is 5.31. The van der Waals surface area contributed by atoms with E-state index >= 15 is 0 Å². The maximum absolute atomic E-state index is 12.0. The molecule has 1 aliphatic rings. The first-order valence-electron chi connectivity index (χ1n) is 8.63. The number of rotatable bonds is 4. The summed E-state index contributed by atoms with van der Waals surface area (Å²) >= 11 is 0. The van der Waals surface area contributed by atoms with Crippen LogP contribution in [-0.4, -0.2) is 67.6 Å². The van der Waals surface area contributed by atoms with Gasteiger partial charge in [0.15, 0.2) is 0 Å². The van der Waals surface area contributed by atoms with Crippen molar-refractivity contribution in [1.82, 2.24) is 29.3 Å². The van der Waals surface area contributed by atoms with E-state index in [1.807, 2.05) is 25.5 Å². The fourth-order valence-corrected chi connectivity index (χ4v) is 3.01. The summed E-state index contributed by atoms with van der Waals surface area (Å²) in [6, 6.07) is 1.83. The molecule has 140 valence electrons. The lowest BCUT2D eigenvalue weighted by molar-refractivity contribution is -0.126. The van der Waals surface area contributed by atoms with Gasteiger partial charge in [-0.15, -0.1) is 0 Å². The smallest absolute Gasteiger partial charge is 0.246 e. The summed E-state index contributed by atoms with van der Waals surface area (Å²) < 4.78 is 15.2. The Labute approximate surface area is 155 Å². The topological polar surface area (TPSA) is 86.8 Å². The number of fused-ring (bicyclic) bond motifs is 1. The molecule has 27 heavy (non-hydrogen) atoms. The molecule has 1 unspecified atom stereocenters. The Morgan fingerprint density at radius 3 is 3.07 bits per heavy atom. The second-order valence-electron chi connectivity index (χ2n) is 6.30. The summed E-state index contributed by atoms with van der Waals surface area (Å²) in [6.07, 6.45) is 8.09. The normalized spacial score (nSPS) is 17.7. The van der Waals surface area contributed by atoms with Crippen LogP contribution in [0.5, 0.6) is 5.88 Å². The van der Waals surface area contributed by atoms with Crippen molar-refractivity contribution in [2.24, 2.45) is 7.05 Å². The maximum Gasteiger partial charge on any atom is 0.246 e. The molecule has 9 heteroatoms. The number of aryl methyl sites for hydroxylation is 1. The second kappa shape index (κ2) is 7.20. The Morgan fingerprint density at radius 1 is 1.41 bits per heavy atom. The molecule has 3 aromatic rings. The molecule has 1 atom stereocenters. The Morgan fingerprint density at radius 2 is 2.30 bits per heavy atom. The van der Waals surface area contributed by atoms with Gasteiger partial charge in [-0.25, -0.2) is 9.50 Å². The van der Waals surface area contributed by atoms with Crippen LogP contribution in [0.1, 0.15) is 0 Å². The van der Waals surface area contributed by atoms with Gasteiger partial charge in [-0.05, 0) is 12.1 Å². The van der Waals surface area contributed by atoms with Gasteiger partial charge in [-0.3, -0.25) is 9.48 Å². The zero-order chi connectivity index (χ0) is 18.8. The van der Waals surface area contributed by atoms with E-state index in [0.29, 0.717) is 37.9 Å². The van der Waals surface area contributed by atoms with Crippen LogP contribution in [0.4, 0.5) is 0 Å². The number of carbonyl (C=O) groups excluding carboxylic acids is 1. The van der Waals surface area contributed by atoms with Gasteiger partial charge in [-0.2, -0.15) is 10.2 Å². The minimum absolute atomic E-state index is 0.138. The number of carbonyl (C=O) groups is 1.